The summed E-state index contributed by atoms with van der Waals surface area (Å²) in [4.78, 5) is 39.8. The van der Waals surface area contributed by atoms with E-state index in [-0.39, 0.29) is 23.1 Å². The lowest BCUT2D eigenvalue weighted by atomic mass is 10.1. The lowest BCUT2D eigenvalue weighted by Gasteiger charge is -2.18. The zero-order valence-electron chi connectivity index (χ0n) is 16.5. The molecule has 2 aromatic carbocycles. The molecule has 6 heteroatoms. The highest BCUT2D eigenvalue weighted by molar-refractivity contribution is 5.93. The first-order chi connectivity index (χ1) is 13.9. The average molecular weight is 392 g/mol. The Balaban J connectivity index is 1.56. The molecule has 1 heterocycles. The standard InChI is InChI=1S/C23H24N2O4/c1-15(12-13-17-8-4-3-5-9-17)24-22(27)16(2)29-23(28)20-14-21(26)18-10-6-7-11-19(18)25-20/h3-11,14-16H,12-13H2,1-2H3,(H,24,27)(H,25,26)/t15-,16-/m1/s1. The second-order valence-corrected chi connectivity index (χ2v) is 7.07. The Bertz CT molecular complexity index is 1060. The number of carbonyl (C=O) groups excluding carboxylic acids is 2. The topological polar surface area (TPSA) is 88.3 Å². The average Bonchev–Trinajstić information content (AvgIpc) is 2.73. The fourth-order valence-electron chi connectivity index (χ4n) is 3.04. The van der Waals surface area contributed by atoms with Crippen LogP contribution in [0.5, 0.6) is 0 Å². The van der Waals surface area contributed by atoms with E-state index in [2.05, 4.69) is 10.3 Å². The van der Waals surface area contributed by atoms with Gasteiger partial charge in [0.2, 0.25) is 0 Å². The van der Waals surface area contributed by atoms with E-state index in [1.54, 1.807) is 24.3 Å². The van der Waals surface area contributed by atoms with Crippen LogP contribution in [0.4, 0.5) is 0 Å². The fraction of sp³-hybridized carbons (Fsp3) is 0.261. The number of rotatable bonds is 7. The van der Waals surface area contributed by atoms with Crippen molar-refractivity contribution in [3.63, 3.8) is 0 Å². The van der Waals surface area contributed by atoms with Crippen molar-refractivity contribution in [2.24, 2.45) is 0 Å². The smallest absolute Gasteiger partial charge is 0.355 e. The van der Waals surface area contributed by atoms with E-state index in [9.17, 15) is 14.4 Å². The van der Waals surface area contributed by atoms with Crippen LogP contribution in [0.1, 0.15) is 36.3 Å². The molecule has 2 N–H and O–H groups in total. The maximum atomic E-state index is 12.4. The van der Waals surface area contributed by atoms with Crippen LogP contribution in [0.3, 0.4) is 0 Å². The number of benzene rings is 2. The molecule has 0 bridgehead atoms. The molecule has 1 amide bonds. The van der Waals surface area contributed by atoms with Crippen LogP contribution in [0.15, 0.2) is 65.5 Å². The van der Waals surface area contributed by atoms with E-state index in [0.717, 1.165) is 12.8 Å². The van der Waals surface area contributed by atoms with E-state index < -0.39 is 12.1 Å². The largest absolute Gasteiger partial charge is 0.448 e. The third-order valence-electron chi connectivity index (χ3n) is 4.71. The van der Waals surface area contributed by atoms with E-state index in [1.807, 2.05) is 37.3 Å². The molecule has 3 aromatic rings. The molecule has 6 nitrogen and oxygen atoms in total. The van der Waals surface area contributed by atoms with Crippen LogP contribution >= 0.6 is 0 Å². The Morgan fingerprint density at radius 1 is 1.03 bits per heavy atom. The van der Waals surface area contributed by atoms with Gasteiger partial charge in [-0.25, -0.2) is 4.79 Å². The van der Waals surface area contributed by atoms with Crippen LogP contribution in [0.25, 0.3) is 10.9 Å². The van der Waals surface area contributed by atoms with Gasteiger partial charge >= 0.3 is 5.97 Å². The Hall–Kier alpha value is -3.41. The molecule has 2 atom stereocenters. The molecule has 0 radical (unpaired) electrons. The van der Waals surface area contributed by atoms with Gasteiger partial charge in [0.05, 0.1) is 0 Å². The van der Waals surface area contributed by atoms with Gasteiger partial charge in [-0.1, -0.05) is 42.5 Å². The van der Waals surface area contributed by atoms with E-state index in [4.69, 9.17) is 4.74 Å². The number of esters is 1. The molecule has 0 spiro atoms. The molecule has 0 aliphatic heterocycles. The number of fused-ring (bicyclic) bond motifs is 1. The molecule has 0 aliphatic carbocycles. The lowest BCUT2D eigenvalue weighted by Crippen LogP contribution is -2.41. The molecule has 0 saturated heterocycles. The Morgan fingerprint density at radius 2 is 1.72 bits per heavy atom. The first-order valence-corrected chi connectivity index (χ1v) is 9.61. The molecule has 1 aromatic heterocycles. The number of aromatic nitrogens is 1. The highest BCUT2D eigenvalue weighted by Crippen LogP contribution is 2.09. The van der Waals surface area contributed by atoms with Gasteiger partial charge in [0.1, 0.15) is 5.69 Å². The molecular formula is C23H24N2O4. The molecule has 0 unspecified atom stereocenters. The van der Waals surface area contributed by atoms with Gasteiger partial charge in [-0.3, -0.25) is 9.59 Å². The van der Waals surface area contributed by atoms with Gasteiger partial charge < -0.3 is 15.0 Å². The highest BCUT2D eigenvalue weighted by Gasteiger charge is 2.21. The summed E-state index contributed by atoms with van der Waals surface area (Å²) >= 11 is 0. The molecule has 150 valence electrons. The summed E-state index contributed by atoms with van der Waals surface area (Å²) in [6.45, 7) is 3.42. The number of aromatic amines is 1. The number of pyridine rings is 1. The first-order valence-electron chi connectivity index (χ1n) is 9.61. The third-order valence-corrected chi connectivity index (χ3v) is 4.71. The minimum absolute atomic E-state index is 0.0190. The van der Waals surface area contributed by atoms with Crippen molar-refractivity contribution >= 4 is 22.8 Å². The van der Waals surface area contributed by atoms with Gasteiger partial charge in [0, 0.05) is 23.0 Å². The van der Waals surface area contributed by atoms with Crippen molar-refractivity contribution < 1.29 is 14.3 Å². The third kappa shape index (κ3) is 5.31. The summed E-state index contributed by atoms with van der Waals surface area (Å²) in [6.07, 6.45) is 0.639. The van der Waals surface area contributed by atoms with Crippen molar-refractivity contribution in [1.29, 1.82) is 0 Å². The van der Waals surface area contributed by atoms with Gasteiger partial charge in [-0.05, 0) is 44.4 Å². The van der Waals surface area contributed by atoms with Gasteiger partial charge in [-0.2, -0.15) is 0 Å². The quantitative estimate of drug-likeness (QED) is 0.605. The number of hydrogen-bond acceptors (Lipinski definition) is 4. The normalized spacial score (nSPS) is 12.9. The number of aryl methyl sites for hydroxylation is 1. The number of hydrogen-bond donors (Lipinski definition) is 2. The predicted octanol–water partition coefficient (Wildman–Crippen LogP) is 3.21. The van der Waals surface area contributed by atoms with Crippen molar-refractivity contribution in [2.45, 2.75) is 38.8 Å². The summed E-state index contributed by atoms with van der Waals surface area (Å²) in [5.74, 6) is -1.12. The fourth-order valence-corrected chi connectivity index (χ4v) is 3.04. The zero-order chi connectivity index (χ0) is 20.8. The maximum absolute atomic E-state index is 12.4. The Morgan fingerprint density at radius 3 is 2.48 bits per heavy atom. The van der Waals surface area contributed by atoms with Crippen LogP contribution in [0.2, 0.25) is 0 Å². The zero-order valence-corrected chi connectivity index (χ0v) is 16.5. The number of amides is 1. The molecular weight excluding hydrogens is 368 g/mol. The minimum Gasteiger partial charge on any atom is -0.448 e. The predicted molar refractivity (Wildman–Crippen MR) is 112 cm³/mol. The summed E-state index contributed by atoms with van der Waals surface area (Å²) in [5, 5.41) is 3.35. The van der Waals surface area contributed by atoms with Crippen molar-refractivity contribution in [3.8, 4) is 0 Å². The number of carbonyl (C=O) groups is 2. The van der Waals surface area contributed by atoms with Crippen molar-refractivity contribution in [1.82, 2.24) is 10.3 Å². The molecule has 0 fully saturated rings. The summed E-state index contributed by atoms with van der Waals surface area (Å²) in [7, 11) is 0. The van der Waals surface area contributed by atoms with Crippen LogP contribution in [-0.2, 0) is 16.0 Å². The molecule has 3 rings (SSSR count). The summed E-state index contributed by atoms with van der Waals surface area (Å²) in [5.41, 5.74) is 1.48. The van der Waals surface area contributed by atoms with Crippen LogP contribution in [-0.4, -0.2) is 29.0 Å². The van der Waals surface area contributed by atoms with Crippen molar-refractivity contribution in [3.05, 3.63) is 82.1 Å². The number of H-pyrrole nitrogens is 1. The number of para-hydroxylation sites is 1. The summed E-state index contributed by atoms with van der Waals surface area (Å²) < 4.78 is 5.24. The van der Waals surface area contributed by atoms with Crippen LogP contribution < -0.4 is 10.7 Å². The first kappa shape index (κ1) is 20.3. The summed E-state index contributed by atoms with van der Waals surface area (Å²) in [6, 6.07) is 18.0. The SMILES string of the molecule is C[C@H](CCc1ccccc1)NC(=O)[C@@H](C)OC(=O)c1cc(=O)c2ccccc2[nH]1. The second-order valence-electron chi connectivity index (χ2n) is 7.07. The monoisotopic (exact) mass is 392 g/mol. The molecule has 29 heavy (non-hydrogen) atoms. The minimum atomic E-state index is -0.975. The lowest BCUT2D eigenvalue weighted by molar-refractivity contribution is -0.129. The van der Waals surface area contributed by atoms with Gasteiger partial charge in [0.25, 0.3) is 5.91 Å². The van der Waals surface area contributed by atoms with Gasteiger partial charge in [0.15, 0.2) is 11.5 Å². The molecule has 0 aliphatic rings. The van der Waals surface area contributed by atoms with E-state index in [1.165, 1.54) is 18.6 Å². The van der Waals surface area contributed by atoms with Crippen LogP contribution in [0, 0.1) is 0 Å². The van der Waals surface area contributed by atoms with Gasteiger partial charge in [-0.15, -0.1) is 0 Å². The number of nitrogens with one attached hydrogen (secondary N) is 2. The maximum Gasteiger partial charge on any atom is 0.355 e. The highest BCUT2D eigenvalue weighted by atomic mass is 16.5. The van der Waals surface area contributed by atoms with E-state index in [0.29, 0.717) is 10.9 Å². The molecule has 0 saturated carbocycles. The second kappa shape index (κ2) is 9.19. The number of ether oxygens (including phenoxy) is 1. The van der Waals surface area contributed by atoms with E-state index >= 15 is 0 Å². The van der Waals surface area contributed by atoms with Crippen molar-refractivity contribution in [2.75, 3.05) is 0 Å². The Labute approximate surface area is 168 Å². The Kier molecular flexibility index (Phi) is 6.44.